The van der Waals surface area contributed by atoms with E-state index in [1.165, 1.54) is 6.92 Å². The third-order valence-corrected chi connectivity index (χ3v) is 4.55. The van der Waals surface area contributed by atoms with Crippen LogP contribution in [0.25, 0.3) is 0 Å². The molecule has 2 aromatic rings. The molecule has 0 aliphatic carbocycles. The van der Waals surface area contributed by atoms with Gasteiger partial charge in [-0.1, -0.05) is 36.4 Å². The summed E-state index contributed by atoms with van der Waals surface area (Å²) in [4.78, 5) is 26.3. The van der Waals surface area contributed by atoms with Crippen LogP contribution < -0.4 is 16.0 Å². The van der Waals surface area contributed by atoms with Crippen molar-refractivity contribution in [3.8, 4) is 0 Å². The fourth-order valence-electron chi connectivity index (χ4n) is 3.38. The molecule has 1 atom stereocenters. The molecule has 6 heteroatoms. The molecule has 2 amide bonds. The molecule has 0 bridgehead atoms. The first-order valence-corrected chi connectivity index (χ1v) is 8.56. The number of nitrogen functional groups attached to an aromatic ring is 1. The van der Waals surface area contributed by atoms with Crippen LogP contribution in [0.5, 0.6) is 0 Å². The molecular formula is C20H24ClN3O2. The van der Waals surface area contributed by atoms with Gasteiger partial charge in [-0.15, -0.1) is 12.4 Å². The Labute approximate surface area is 160 Å². The first-order valence-electron chi connectivity index (χ1n) is 8.56. The molecule has 0 radical (unpaired) electrons. The van der Waals surface area contributed by atoms with Crippen LogP contribution in [-0.2, 0) is 16.0 Å². The summed E-state index contributed by atoms with van der Waals surface area (Å²) in [5, 5.41) is 2.89. The molecular weight excluding hydrogens is 350 g/mol. The Kier molecular flexibility index (Phi) is 6.64. The normalized spacial score (nSPS) is 14.0. The number of amides is 2. The maximum Gasteiger partial charge on any atom is 0.229 e. The van der Waals surface area contributed by atoms with Gasteiger partial charge >= 0.3 is 0 Å². The number of rotatable bonds is 4. The average Bonchev–Trinajstić information content (AvgIpc) is 2.61. The molecule has 1 heterocycles. The van der Waals surface area contributed by atoms with Crippen LogP contribution in [0.2, 0.25) is 0 Å². The number of benzene rings is 2. The second kappa shape index (κ2) is 8.72. The van der Waals surface area contributed by atoms with Gasteiger partial charge in [-0.05, 0) is 36.1 Å². The highest BCUT2D eigenvalue weighted by Crippen LogP contribution is 2.32. The zero-order valence-corrected chi connectivity index (χ0v) is 15.6. The number of fused-ring (bicyclic) bond motifs is 1. The second-order valence-electron chi connectivity index (χ2n) is 6.36. The van der Waals surface area contributed by atoms with Crippen molar-refractivity contribution < 1.29 is 9.59 Å². The topological polar surface area (TPSA) is 75.4 Å². The van der Waals surface area contributed by atoms with Crippen LogP contribution in [0.3, 0.4) is 0 Å². The number of anilines is 2. The zero-order chi connectivity index (χ0) is 17.8. The molecule has 0 saturated carbocycles. The van der Waals surface area contributed by atoms with Crippen molar-refractivity contribution in [2.75, 3.05) is 17.2 Å². The third-order valence-electron chi connectivity index (χ3n) is 4.55. The van der Waals surface area contributed by atoms with E-state index in [0.717, 1.165) is 35.3 Å². The van der Waals surface area contributed by atoms with E-state index in [4.69, 9.17) is 5.73 Å². The van der Waals surface area contributed by atoms with Gasteiger partial charge in [0.05, 0.1) is 12.5 Å². The lowest BCUT2D eigenvalue weighted by Gasteiger charge is -2.31. The zero-order valence-electron chi connectivity index (χ0n) is 14.8. The van der Waals surface area contributed by atoms with Crippen LogP contribution in [0.4, 0.5) is 11.4 Å². The van der Waals surface area contributed by atoms with Crippen molar-refractivity contribution in [1.29, 1.82) is 0 Å². The maximum absolute atomic E-state index is 13.0. The lowest BCUT2D eigenvalue weighted by atomic mass is 9.98. The predicted molar refractivity (Wildman–Crippen MR) is 106 cm³/mol. The number of nitrogens with one attached hydrogen (secondary N) is 1. The largest absolute Gasteiger partial charge is 0.398 e. The van der Waals surface area contributed by atoms with Gasteiger partial charge in [-0.25, -0.2) is 0 Å². The summed E-state index contributed by atoms with van der Waals surface area (Å²) < 4.78 is 0. The summed E-state index contributed by atoms with van der Waals surface area (Å²) in [5.74, 6) is -0.154. The number of nitrogens with zero attached hydrogens (tertiary/aromatic N) is 1. The summed E-state index contributed by atoms with van der Waals surface area (Å²) in [5.41, 5.74) is 9.66. The maximum atomic E-state index is 13.0. The molecule has 0 spiro atoms. The first kappa shape index (κ1) is 19.8. The number of hydrogen-bond acceptors (Lipinski definition) is 3. The van der Waals surface area contributed by atoms with Crippen molar-refractivity contribution >= 4 is 35.6 Å². The van der Waals surface area contributed by atoms with Gasteiger partial charge in [-0.3, -0.25) is 9.59 Å². The number of halogens is 1. The Bertz CT molecular complexity index is 780. The predicted octanol–water partition coefficient (Wildman–Crippen LogP) is 3.24. The summed E-state index contributed by atoms with van der Waals surface area (Å²) in [6, 6.07) is 14.9. The molecule has 1 aliphatic rings. The molecule has 2 aromatic carbocycles. The lowest BCUT2D eigenvalue weighted by molar-refractivity contribution is -0.121. The van der Waals surface area contributed by atoms with Crippen LogP contribution in [-0.4, -0.2) is 18.4 Å². The van der Waals surface area contributed by atoms with Gasteiger partial charge in [0, 0.05) is 24.8 Å². The molecule has 1 unspecified atom stereocenters. The lowest BCUT2D eigenvalue weighted by Crippen LogP contribution is -2.39. The first-order chi connectivity index (χ1) is 12.1. The number of nitrogens with two attached hydrogens (primary N) is 1. The summed E-state index contributed by atoms with van der Waals surface area (Å²) in [7, 11) is 0. The minimum atomic E-state index is -0.336. The van der Waals surface area contributed by atoms with Crippen LogP contribution >= 0.6 is 12.4 Å². The smallest absolute Gasteiger partial charge is 0.229 e. The van der Waals surface area contributed by atoms with Crippen LogP contribution in [0, 0.1) is 0 Å². The van der Waals surface area contributed by atoms with Crippen LogP contribution in [0.15, 0.2) is 48.5 Å². The van der Waals surface area contributed by atoms with Crippen molar-refractivity contribution in [3.63, 3.8) is 0 Å². The Morgan fingerprint density at radius 1 is 1.15 bits per heavy atom. The van der Waals surface area contributed by atoms with E-state index >= 15 is 0 Å². The van der Waals surface area contributed by atoms with Gasteiger partial charge in [0.15, 0.2) is 0 Å². The highest BCUT2D eigenvalue weighted by molar-refractivity contribution is 5.96. The van der Waals surface area contributed by atoms with Crippen molar-refractivity contribution in [2.45, 2.75) is 32.2 Å². The van der Waals surface area contributed by atoms with E-state index in [1.54, 1.807) is 4.90 Å². The summed E-state index contributed by atoms with van der Waals surface area (Å²) in [6.07, 6.45) is 2.00. The molecule has 3 rings (SSSR count). The molecule has 5 nitrogen and oxygen atoms in total. The summed E-state index contributed by atoms with van der Waals surface area (Å²) >= 11 is 0. The van der Waals surface area contributed by atoms with E-state index in [1.807, 2.05) is 48.5 Å². The van der Waals surface area contributed by atoms with Gasteiger partial charge < -0.3 is 16.0 Å². The number of carbonyl (C=O) groups is 2. The van der Waals surface area contributed by atoms with E-state index in [-0.39, 0.29) is 36.7 Å². The standard InChI is InChI=1S/C20H23N3O2.ClH/c1-14(24)22-18(15-7-3-2-4-8-15)13-20(25)23-12-6-9-16-17(21)10-5-11-19(16)23;/h2-5,7-8,10-11,18H,6,9,12-13,21H2,1H3,(H,22,24);1H. The fourth-order valence-corrected chi connectivity index (χ4v) is 3.38. The monoisotopic (exact) mass is 373 g/mol. The van der Waals surface area contributed by atoms with Crippen molar-refractivity contribution in [2.24, 2.45) is 0 Å². The molecule has 1 aliphatic heterocycles. The summed E-state index contributed by atoms with van der Waals surface area (Å²) in [6.45, 7) is 2.15. The quantitative estimate of drug-likeness (QED) is 0.808. The van der Waals surface area contributed by atoms with Gasteiger partial charge in [0.1, 0.15) is 0 Å². The van der Waals surface area contributed by atoms with E-state index in [9.17, 15) is 9.59 Å². The van der Waals surface area contributed by atoms with Gasteiger partial charge in [-0.2, -0.15) is 0 Å². The SMILES string of the molecule is CC(=O)NC(CC(=O)N1CCCc2c(N)cccc21)c1ccccc1.Cl. The van der Waals surface area contributed by atoms with Crippen molar-refractivity contribution in [3.05, 3.63) is 59.7 Å². The second-order valence-corrected chi connectivity index (χ2v) is 6.36. The highest BCUT2D eigenvalue weighted by atomic mass is 35.5. The molecule has 3 N–H and O–H groups in total. The number of carbonyl (C=O) groups excluding carboxylic acids is 2. The minimum absolute atomic E-state index is 0. The van der Waals surface area contributed by atoms with E-state index in [2.05, 4.69) is 5.32 Å². The van der Waals surface area contributed by atoms with E-state index in [0.29, 0.717) is 6.54 Å². The fraction of sp³-hybridized carbons (Fsp3) is 0.300. The molecule has 138 valence electrons. The number of hydrogen-bond donors (Lipinski definition) is 2. The third kappa shape index (κ3) is 4.35. The molecule has 0 saturated heterocycles. The van der Waals surface area contributed by atoms with Gasteiger partial charge in [0.2, 0.25) is 11.8 Å². The van der Waals surface area contributed by atoms with Gasteiger partial charge in [0.25, 0.3) is 0 Å². The molecule has 26 heavy (non-hydrogen) atoms. The molecule has 0 fully saturated rings. The minimum Gasteiger partial charge on any atom is -0.398 e. The Hall–Kier alpha value is -2.53. The average molecular weight is 374 g/mol. The highest BCUT2D eigenvalue weighted by Gasteiger charge is 2.26. The van der Waals surface area contributed by atoms with Crippen LogP contribution in [0.1, 0.15) is 36.9 Å². The Morgan fingerprint density at radius 2 is 1.88 bits per heavy atom. The van der Waals surface area contributed by atoms with Crippen molar-refractivity contribution in [1.82, 2.24) is 5.32 Å². The Balaban J connectivity index is 0.00000243. The molecule has 0 aromatic heterocycles. The Morgan fingerprint density at radius 3 is 2.58 bits per heavy atom. The van der Waals surface area contributed by atoms with E-state index < -0.39 is 0 Å².